The molecular formula is C15H27NO2. The lowest BCUT2D eigenvalue weighted by Gasteiger charge is -2.32. The van der Waals surface area contributed by atoms with E-state index in [0.717, 1.165) is 19.4 Å². The van der Waals surface area contributed by atoms with Gasteiger partial charge >= 0.3 is 5.97 Å². The van der Waals surface area contributed by atoms with Gasteiger partial charge in [-0.25, -0.2) is 0 Å². The van der Waals surface area contributed by atoms with Gasteiger partial charge in [-0.05, 0) is 49.4 Å². The second-order valence-electron chi connectivity index (χ2n) is 6.84. The Morgan fingerprint density at radius 3 is 2.39 bits per heavy atom. The molecule has 0 aliphatic heterocycles. The Labute approximate surface area is 110 Å². The molecule has 2 N–H and O–H groups in total. The zero-order valence-corrected chi connectivity index (χ0v) is 11.7. The van der Waals surface area contributed by atoms with Crippen LogP contribution in [-0.2, 0) is 4.79 Å². The molecule has 0 heterocycles. The molecule has 3 heteroatoms. The average Bonchev–Trinajstić information content (AvgIpc) is 2.99. The van der Waals surface area contributed by atoms with Crippen LogP contribution in [0, 0.1) is 17.3 Å². The van der Waals surface area contributed by atoms with Crippen LogP contribution >= 0.6 is 0 Å². The Kier molecular flexibility index (Phi) is 4.31. The van der Waals surface area contributed by atoms with Gasteiger partial charge in [0.25, 0.3) is 0 Å². The summed E-state index contributed by atoms with van der Waals surface area (Å²) in [5, 5.41) is 12.6. The normalized spacial score (nSPS) is 24.4. The van der Waals surface area contributed by atoms with Gasteiger partial charge in [-0.2, -0.15) is 0 Å². The molecule has 1 unspecified atom stereocenters. The topological polar surface area (TPSA) is 49.3 Å². The van der Waals surface area contributed by atoms with Crippen molar-refractivity contribution >= 4 is 5.97 Å². The molecule has 0 radical (unpaired) electrons. The van der Waals surface area contributed by atoms with Crippen LogP contribution in [0.5, 0.6) is 0 Å². The third-order valence-electron chi connectivity index (χ3n) is 4.56. The van der Waals surface area contributed by atoms with Gasteiger partial charge < -0.3 is 10.4 Å². The Hall–Kier alpha value is -0.570. The minimum atomic E-state index is -0.657. The molecule has 0 aromatic carbocycles. The number of carboxylic acid groups (broad SMARTS) is 1. The van der Waals surface area contributed by atoms with Gasteiger partial charge in [0.15, 0.2) is 0 Å². The van der Waals surface area contributed by atoms with Gasteiger partial charge in [-0.3, -0.25) is 4.79 Å². The van der Waals surface area contributed by atoms with E-state index in [4.69, 9.17) is 0 Å². The highest BCUT2D eigenvalue weighted by atomic mass is 16.4. The number of hydrogen-bond donors (Lipinski definition) is 2. The van der Waals surface area contributed by atoms with Crippen LogP contribution in [0.3, 0.4) is 0 Å². The number of carboxylic acids is 1. The van der Waals surface area contributed by atoms with Crippen LogP contribution < -0.4 is 5.32 Å². The molecule has 0 aromatic heterocycles. The van der Waals surface area contributed by atoms with Crippen molar-refractivity contribution in [1.29, 1.82) is 0 Å². The summed E-state index contributed by atoms with van der Waals surface area (Å²) in [6.45, 7) is 5.45. The summed E-state index contributed by atoms with van der Waals surface area (Å²) >= 11 is 0. The third-order valence-corrected chi connectivity index (χ3v) is 4.56. The lowest BCUT2D eigenvalue weighted by atomic mass is 9.78. The van der Waals surface area contributed by atoms with Gasteiger partial charge in [0.1, 0.15) is 6.04 Å². The van der Waals surface area contributed by atoms with Crippen molar-refractivity contribution in [1.82, 2.24) is 5.32 Å². The predicted molar refractivity (Wildman–Crippen MR) is 72.5 cm³/mol. The highest BCUT2D eigenvalue weighted by Gasteiger charge is 2.39. The van der Waals surface area contributed by atoms with E-state index in [1.165, 1.54) is 32.1 Å². The Bertz CT molecular complexity index is 291. The standard InChI is InChI=1S/C15H27NO2/c1-11(2)9-15(7-3-4-8-15)10-16-13(14(17)18)12-5-6-12/h11-13,16H,3-10H2,1-2H3,(H,17,18). The molecule has 104 valence electrons. The van der Waals surface area contributed by atoms with Gasteiger partial charge in [0.05, 0.1) is 0 Å². The summed E-state index contributed by atoms with van der Waals surface area (Å²) in [4.78, 5) is 11.2. The van der Waals surface area contributed by atoms with Crippen LogP contribution in [0.2, 0.25) is 0 Å². The van der Waals surface area contributed by atoms with E-state index < -0.39 is 5.97 Å². The third kappa shape index (κ3) is 3.47. The molecule has 0 aromatic rings. The molecule has 2 aliphatic carbocycles. The first-order valence-corrected chi connectivity index (χ1v) is 7.49. The van der Waals surface area contributed by atoms with E-state index in [1.54, 1.807) is 0 Å². The van der Waals surface area contributed by atoms with E-state index in [2.05, 4.69) is 19.2 Å². The molecule has 2 fully saturated rings. The zero-order valence-electron chi connectivity index (χ0n) is 11.7. The number of aliphatic carboxylic acids is 1. The fraction of sp³-hybridized carbons (Fsp3) is 0.933. The van der Waals surface area contributed by atoms with Gasteiger partial charge in [0.2, 0.25) is 0 Å². The number of hydrogen-bond acceptors (Lipinski definition) is 2. The number of carbonyl (C=O) groups is 1. The maximum Gasteiger partial charge on any atom is 0.320 e. The van der Waals surface area contributed by atoms with Crippen molar-refractivity contribution in [3.05, 3.63) is 0 Å². The van der Waals surface area contributed by atoms with E-state index in [9.17, 15) is 9.90 Å². The average molecular weight is 253 g/mol. The van der Waals surface area contributed by atoms with Crippen molar-refractivity contribution < 1.29 is 9.90 Å². The van der Waals surface area contributed by atoms with Crippen molar-refractivity contribution in [3.8, 4) is 0 Å². The molecule has 2 aliphatic rings. The number of rotatable bonds is 7. The van der Waals surface area contributed by atoms with E-state index in [0.29, 0.717) is 17.3 Å². The van der Waals surface area contributed by atoms with Gasteiger partial charge in [0, 0.05) is 6.54 Å². The molecular weight excluding hydrogens is 226 g/mol. The van der Waals surface area contributed by atoms with Crippen molar-refractivity contribution in [2.45, 2.75) is 64.8 Å². The number of nitrogens with one attached hydrogen (secondary N) is 1. The van der Waals surface area contributed by atoms with Crippen molar-refractivity contribution in [3.63, 3.8) is 0 Å². The summed E-state index contributed by atoms with van der Waals surface area (Å²) in [5.41, 5.74) is 0.372. The Morgan fingerprint density at radius 1 is 1.33 bits per heavy atom. The summed E-state index contributed by atoms with van der Waals surface area (Å²) < 4.78 is 0. The van der Waals surface area contributed by atoms with Crippen LogP contribution in [-0.4, -0.2) is 23.7 Å². The van der Waals surface area contributed by atoms with Gasteiger partial charge in [-0.15, -0.1) is 0 Å². The van der Waals surface area contributed by atoms with Crippen LogP contribution in [0.15, 0.2) is 0 Å². The largest absolute Gasteiger partial charge is 0.480 e. The molecule has 3 nitrogen and oxygen atoms in total. The highest BCUT2D eigenvalue weighted by molar-refractivity contribution is 5.74. The summed E-state index contributed by atoms with van der Waals surface area (Å²) in [5.74, 6) is 0.435. The van der Waals surface area contributed by atoms with Crippen molar-refractivity contribution in [2.24, 2.45) is 17.3 Å². The minimum Gasteiger partial charge on any atom is -0.480 e. The molecule has 2 saturated carbocycles. The Morgan fingerprint density at radius 2 is 1.94 bits per heavy atom. The second-order valence-corrected chi connectivity index (χ2v) is 6.84. The first-order chi connectivity index (χ1) is 8.52. The maximum atomic E-state index is 11.2. The quantitative estimate of drug-likeness (QED) is 0.733. The molecule has 18 heavy (non-hydrogen) atoms. The van der Waals surface area contributed by atoms with Gasteiger partial charge in [-0.1, -0.05) is 26.7 Å². The Balaban J connectivity index is 1.90. The van der Waals surface area contributed by atoms with Crippen molar-refractivity contribution in [2.75, 3.05) is 6.54 Å². The molecule has 1 atom stereocenters. The fourth-order valence-corrected chi connectivity index (χ4v) is 3.66. The van der Waals surface area contributed by atoms with Crippen LogP contribution in [0.4, 0.5) is 0 Å². The molecule has 0 saturated heterocycles. The molecule has 2 rings (SSSR count). The predicted octanol–water partition coefficient (Wildman–Crippen LogP) is 3.05. The first-order valence-electron chi connectivity index (χ1n) is 7.49. The SMILES string of the molecule is CC(C)CC1(CNC(C(=O)O)C2CC2)CCCC1. The lowest BCUT2D eigenvalue weighted by molar-refractivity contribution is -0.140. The molecule has 0 amide bonds. The van der Waals surface area contributed by atoms with E-state index >= 15 is 0 Å². The summed E-state index contributed by atoms with van der Waals surface area (Å²) in [7, 11) is 0. The zero-order chi connectivity index (χ0) is 13.2. The summed E-state index contributed by atoms with van der Waals surface area (Å²) in [6, 6.07) is -0.297. The van der Waals surface area contributed by atoms with Crippen LogP contribution in [0.1, 0.15) is 58.8 Å². The highest BCUT2D eigenvalue weighted by Crippen LogP contribution is 2.43. The lowest BCUT2D eigenvalue weighted by Crippen LogP contribution is -2.44. The fourth-order valence-electron chi connectivity index (χ4n) is 3.66. The minimum absolute atomic E-state index is 0.297. The monoisotopic (exact) mass is 253 g/mol. The summed E-state index contributed by atoms with van der Waals surface area (Å²) in [6.07, 6.45) is 8.58. The van der Waals surface area contributed by atoms with Crippen LogP contribution in [0.25, 0.3) is 0 Å². The van der Waals surface area contributed by atoms with E-state index in [1.807, 2.05) is 0 Å². The smallest absolute Gasteiger partial charge is 0.320 e. The molecule has 0 bridgehead atoms. The maximum absolute atomic E-state index is 11.2. The molecule has 0 spiro atoms. The van der Waals surface area contributed by atoms with E-state index in [-0.39, 0.29) is 6.04 Å². The second kappa shape index (κ2) is 5.60. The first kappa shape index (κ1) is 13.9.